The number of hydrogen-bond acceptors (Lipinski definition) is 7. The van der Waals surface area contributed by atoms with E-state index < -0.39 is 41.7 Å². The first-order valence-electron chi connectivity index (χ1n) is 10.9. The monoisotopic (exact) mass is 500 g/mol. The van der Waals surface area contributed by atoms with Crippen molar-refractivity contribution in [2.45, 2.75) is 100 Å². The number of carbonyl (C=O) groups excluding carboxylic acids is 1. The van der Waals surface area contributed by atoms with E-state index in [-0.39, 0.29) is 29.7 Å². The maximum atomic E-state index is 13.2. The molecule has 3 rings (SSSR count). The van der Waals surface area contributed by atoms with Crippen LogP contribution < -0.4 is 5.32 Å². The Kier molecular flexibility index (Phi) is 9.81. The molecule has 0 aliphatic carbocycles. The molecule has 0 aromatic rings. The number of carbonyl (C=O) groups is 1. The number of likely N-dealkylation sites (tertiary alicyclic amines) is 1. The Bertz CT molecular complexity index is 614. The number of amides is 1. The van der Waals surface area contributed by atoms with Crippen molar-refractivity contribution < 1.29 is 24.1 Å². The van der Waals surface area contributed by atoms with Crippen LogP contribution in [-0.2, 0) is 19.0 Å². The van der Waals surface area contributed by atoms with E-state index in [9.17, 15) is 9.90 Å². The van der Waals surface area contributed by atoms with Crippen LogP contribution >= 0.6 is 35.8 Å². The van der Waals surface area contributed by atoms with Crippen LogP contribution in [0.1, 0.15) is 47.0 Å². The van der Waals surface area contributed by atoms with Crippen LogP contribution in [-0.4, -0.2) is 88.9 Å². The summed E-state index contributed by atoms with van der Waals surface area (Å²) in [5.41, 5.74) is -0.480. The number of likely N-dealkylation sites (N-methyl/N-ethyl adjacent to an activating group) is 1. The molecule has 0 spiro atoms. The number of alkyl halides is 1. The van der Waals surface area contributed by atoms with Gasteiger partial charge in [0.1, 0.15) is 29.9 Å². The van der Waals surface area contributed by atoms with Crippen molar-refractivity contribution in [3.63, 3.8) is 0 Å². The average Bonchev–Trinajstić information content (AvgIpc) is 3.19. The molecule has 2 N–H and O–H groups in total. The Labute approximate surface area is 201 Å². The smallest absolute Gasteiger partial charge is 0.237 e. The topological polar surface area (TPSA) is 80.3 Å². The van der Waals surface area contributed by atoms with Crippen LogP contribution in [0.2, 0.25) is 0 Å². The first-order chi connectivity index (χ1) is 14.1. The second-order valence-electron chi connectivity index (χ2n) is 9.32. The third kappa shape index (κ3) is 6.01. The minimum Gasteiger partial charge on any atom is -0.387 e. The van der Waals surface area contributed by atoms with E-state index in [0.717, 1.165) is 25.8 Å². The van der Waals surface area contributed by atoms with Crippen molar-refractivity contribution in [1.29, 1.82) is 0 Å². The molecule has 31 heavy (non-hydrogen) atoms. The van der Waals surface area contributed by atoms with Crippen molar-refractivity contribution in [3.05, 3.63) is 0 Å². The Morgan fingerprint density at radius 2 is 2.00 bits per heavy atom. The molecule has 0 unspecified atom stereocenters. The molecule has 3 fully saturated rings. The Balaban J connectivity index is 0.00000341. The molecular formula is C21H38Cl2N2O5S. The number of halogens is 2. The van der Waals surface area contributed by atoms with Gasteiger partial charge in [-0.1, -0.05) is 13.3 Å². The summed E-state index contributed by atoms with van der Waals surface area (Å²) in [5.74, 6) is -0.325. The summed E-state index contributed by atoms with van der Waals surface area (Å²) in [6, 6.07) is -0.636. The zero-order valence-electron chi connectivity index (χ0n) is 19.2. The number of aliphatic hydroxyl groups excluding tert-OH is 1. The highest BCUT2D eigenvalue weighted by molar-refractivity contribution is 7.99. The van der Waals surface area contributed by atoms with E-state index in [1.807, 2.05) is 34.1 Å². The van der Waals surface area contributed by atoms with Gasteiger partial charge in [0.05, 0.1) is 17.5 Å². The number of hydrogen-bond donors (Lipinski definition) is 2. The lowest BCUT2D eigenvalue weighted by atomic mass is 9.92. The van der Waals surface area contributed by atoms with Gasteiger partial charge in [0, 0.05) is 6.54 Å². The number of nitrogens with one attached hydrogen (secondary N) is 1. The van der Waals surface area contributed by atoms with Crippen molar-refractivity contribution >= 4 is 41.7 Å². The maximum absolute atomic E-state index is 13.2. The van der Waals surface area contributed by atoms with E-state index in [0.29, 0.717) is 5.92 Å². The molecule has 7 nitrogen and oxygen atoms in total. The average molecular weight is 502 g/mol. The number of aliphatic hydroxyl groups is 1. The molecule has 1 amide bonds. The van der Waals surface area contributed by atoms with E-state index in [4.69, 9.17) is 25.8 Å². The SMILES string of the molecule is CCC[C@@H]1C[C@@H](C(=O)N[C@@H]([C@H]2O[C@H](SC)[C@H](O)[C@H]3OC(C)(C)O[C@H]32)[C@H](C)Cl)N(C)C1.Cl. The molecule has 0 aromatic carbocycles. The van der Waals surface area contributed by atoms with Gasteiger partial charge in [-0.05, 0) is 52.8 Å². The van der Waals surface area contributed by atoms with E-state index in [2.05, 4.69) is 17.1 Å². The predicted molar refractivity (Wildman–Crippen MR) is 126 cm³/mol. The van der Waals surface area contributed by atoms with Gasteiger partial charge in [0.2, 0.25) is 5.91 Å². The quantitative estimate of drug-likeness (QED) is 0.520. The molecular weight excluding hydrogens is 463 g/mol. The molecule has 182 valence electrons. The molecule has 10 heteroatoms. The predicted octanol–water partition coefficient (Wildman–Crippen LogP) is 2.61. The first-order valence-corrected chi connectivity index (χ1v) is 12.7. The van der Waals surface area contributed by atoms with Gasteiger partial charge in [-0.2, -0.15) is 0 Å². The molecule has 0 saturated carbocycles. The second kappa shape index (κ2) is 11.1. The second-order valence-corrected chi connectivity index (χ2v) is 10.9. The fourth-order valence-electron chi connectivity index (χ4n) is 5.04. The van der Waals surface area contributed by atoms with Gasteiger partial charge >= 0.3 is 0 Å². The summed E-state index contributed by atoms with van der Waals surface area (Å²) in [6.07, 6.45) is 2.60. The highest BCUT2D eigenvalue weighted by atomic mass is 35.5. The zero-order valence-corrected chi connectivity index (χ0v) is 21.6. The number of ether oxygens (including phenoxy) is 3. The van der Waals surface area contributed by atoms with E-state index in [1.165, 1.54) is 11.8 Å². The Morgan fingerprint density at radius 1 is 1.35 bits per heavy atom. The van der Waals surface area contributed by atoms with Gasteiger partial charge < -0.3 is 24.6 Å². The van der Waals surface area contributed by atoms with Crippen molar-refractivity contribution in [2.75, 3.05) is 19.8 Å². The molecule has 0 bridgehead atoms. The van der Waals surface area contributed by atoms with E-state index >= 15 is 0 Å². The van der Waals surface area contributed by atoms with Crippen LogP contribution in [0.4, 0.5) is 0 Å². The summed E-state index contributed by atoms with van der Waals surface area (Å²) in [6.45, 7) is 8.61. The van der Waals surface area contributed by atoms with Gasteiger partial charge in [-0.25, -0.2) is 0 Å². The summed E-state index contributed by atoms with van der Waals surface area (Å²) in [5, 5.41) is 13.5. The largest absolute Gasteiger partial charge is 0.387 e. The lowest BCUT2D eigenvalue weighted by Crippen LogP contribution is -2.64. The fourth-order valence-corrected chi connectivity index (χ4v) is 5.91. The molecule has 9 atom stereocenters. The first kappa shape index (κ1) is 27.4. The van der Waals surface area contributed by atoms with Crippen molar-refractivity contribution in [1.82, 2.24) is 10.2 Å². The minimum absolute atomic E-state index is 0. The van der Waals surface area contributed by atoms with Gasteiger partial charge in [-0.15, -0.1) is 35.8 Å². The lowest BCUT2D eigenvalue weighted by Gasteiger charge is -2.43. The van der Waals surface area contributed by atoms with Crippen LogP contribution in [0.5, 0.6) is 0 Å². The van der Waals surface area contributed by atoms with Crippen LogP contribution in [0.15, 0.2) is 0 Å². The normalized spacial score (nSPS) is 39.4. The zero-order chi connectivity index (χ0) is 22.2. The number of rotatable bonds is 7. The van der Waals surface area contributed by atoms with Gasteiger partial charge in [-0.3, -0.25) is 9.69 Å². The number of fused-ring (bicyclic) bond motifs is 1. The van der Waals surface area contributed by atoms with Crippen LogP contribution in [0.25, 0.3) is 0 Å². The van der Waals surface area contributed by atoms with Crippen molar-refractivity contribution in [3.8, 4) is 0 Å². The van der Waals surface area contributed by atoms with Crippen LogP contribution in [0.3, 0.4) is 0 Å². The standard InChI is InChI=1S/C21H37ClN2O5S.ClH/c1-7-8-12-9-13(24(5)10-12)19(26)23-14(11(2)22)16-18-17(28-21(3,4)29-18)15(25)20(27-16)30-6;/h11-18,20,25H,7-10H2,1-6H3,(H,23,26);1H/t11-,12+,13-,14+,15+,16+,17+,18-,20+;/m0./s1. The highest BCUT2D eigenvalue weighted by Crippen LogP contribution is 2.41. The third-order valence-electron chi connectivity index (χ3n) is 6.42. The Hall–Kier alpha value is 0.200. The molecule has 0 radical (unpaired) electrons. The van der Waals surface area contributed by atoms with Crippen molar-refractivity contribution in [2.24, 2.45) is 5.92 Å². The maximum Gasteiger partial charge on any atom is 0.237 e. The Morgan fingerprint density at radius 3 is 2.58 bits per heavy atom. The van der Waals surface area contributed by atoms with E-state index in [1.54, 1.807) is 0 Å². The molecule has 3 aliphatic heterocycles. The summed E-state index contributed by atoms with van der Waals surface area (Å²) in [4.78, 5) is 15.3. The lowest BCUT2D eigenvalue weighted by molar-refractivity contribution is -0.168. The summed E-state index contributed by atoms with van der Waals surface area (Å²) < 4.78 is 18.3. The molecule has 3 saturated heterocycles. The summed E-state index contributed by atoms with van der Waals surface area (Å²) in [7, 11) is 2.00. The summed E-state index contributed by atoms with van der Waals surface area (Å²) >= 11 is 7.97. The molecule has 0 aromatic heterocycles. The fraction of sp³-hybridized carbons (Fsp3) is 0.952. The molecule has 3 aliphatic rings. The highest BCUT2D eigenvalue weighted by Gasteiger charge is 2.57. The minimum atomic E-state index is -0.839. The molecule has 3 heterocycles. The number of nitrogens with zero attached hydrogens (tertiary/aromatic N) is 1. The van der Waals surface area contributed by atoms with Gasteiger partial charge in [0.15, 0.2) is 5.79 Å². The third-order valence-corrected chi connectivity index (χ3v) is 7.54. The van der Waals surface area contributed by atoms with Gasteiger partial charge in [0.25, 0.3) is 0 Å². The number of thioether (sulfide) groups is 1. The van der Waals surface area contributed by atoms with Crippen LogP contribution in [0, 0.1) is 5.92 Å².